The zero-order chi connectivity index (χ0) is 22.7. The second-order valence-electron chi connectivity index (χ2n) is 7.32. The molecule has 0 bridgehead atoms. The molecule has 0 saturated carbocycles. The van der Waals surface area contributed by atoms with E-state index in [-0.39, 0.29) is 5.91 Å². The SMILES string of the molecule is CCCc1nnsc1C(=O)Nc1ccc(Oc2ccc(-n3nc(C)c(C)c3C)nn2)cc1. The lowest BCUT2D eigenvalue weighted by atomic mass is 10.2. The first-order valence-corrected chi connectivity index (χ1v) is 11.0. The number of anilines is 1. The molecule has 4 aromatic rings. The van der Waals surface area contributed by atoms with Crippen molar-refractivity contribution in [1.29, 1.82) is 0 Å². The van der Waals surface area contributed by atoms with E-state index in [1.807, 2.05) is 33.8 Å². The Bertz CT molecular complexity index is 1230. The molecule has 0 unspecified atom stereocenters. The highest BCUT2D eigenvalue weighted by atomic mass is 32.1. The van der Waals surface area contributed by atoms with Gasteiger partial charge in [-0.2, -0.15) is 5.10 Å². The zero-order valence-electron chi connectivity index (χ0n) is 18.3. The van der Waals surface area contributed by atoms with Gasteiger partial charge in [-0.3, -0.25) is 4.79 Å². The lowest BCUT2D eigenvalue weighted by Crippen LogP contribution is -2.12. The Morgan fingerprint density at radius 1 is 1.06 bits per heavy atom. The maximum absolute atomic E-state index is 12.5. The predicted molar refractivity (Wildman–Crippen MR) is 122 cm³/mol. The van der Waals surface area contributed by atoms with Crippen molar-refractivity contribution in [3.63, 3.8) is 0 Å². The Morgan fingerprint density at radius 3 is 2.47 bits per heavy atom. The van der Waals surface area contributed by atoms with Gasteiger partial charge in [0.25, 0.3) is 5.91 Å². The van der Waals surface area contributed by atoms with Crippen molar-refractivity contribution >= 4 is 23.1 Å². The number of benzene rings is 1. The maximum Gasteiger partial charge on any atom is 0.269 e. The molecule has 0 aliphatic heterocycles. The van der Waals surface area contributed by atoms with Crippen LogP contribution in [-0.4, -0.2) is 35.5 Å². The number of amides is 1. The maximum atomic E-state index is 12.5. The predicted octanol–water partition coefficient (Wildman–Crippen LogP) is 4.44. The summed E-state index contributed by atoms with van der Waals surface area (Å²) >= 11 is 1.10. The van der Waals surface area contributed by atoms with Crippen molar-refractivity contribution < 1.29 is 9.53 Å². The number of rotatable bonds is 7. The molecular weight excluding hydrogens is 426 g/mol. The first-order chi connectivity index (χ1) is 15.5. The van der Waals surface area contributed by atoms with Crippen molar-refractivity contribution in [3.05, 3.63) is 63.9 Å². The number of hydrogen-bond acceptors (Lipinski definition) is 8. The van der Waals surface area contributed by atoms with Gasteiger partial charge in [-0.1, -0.05) is 17.8 Å². The molecule has 1 amide bonds. The Labute approximate surface area is 189 Å². The van der Waals surface area contributed by atoms with Gasteiger partial charge < -0.3 is 10.1 Å². The van der Waals surface area contributed by atoms with Crippen LogP contribution < -0.4 is 10.1 Å². The quantitative estimate of drug-likeness (QED) is 0.444. The van der Waals surface area contributed by atoms with Crippen molar-refractivity contribution in [3.8, 4) is 17.4 Å². The van der Waals surface area contributed by atoms with Crippen LogP contribution in [0, 0.1) is 20.8 Å². The summed E-state index contributed by atoms with van der Waals surface area (Å²) in [6.07, 6.45) is 1.63. The number of aromatic nitrogens is 6. The van der Waals surface area contributed by atoms with Crippen molar-refractivity contribution in [2.45, 2.75) is 40.5 Å². The van der Waals surface area contributed by atoms with Gasteiger partial charge in [0.05, 0.1) is 11.4 Å². The third kappa shape index (κ3) is 4.50. The second kappa shape index (κ2) is 9.23. The van der Waals surface area contributed by atoms with Crippen LogP contribution in [0.4, 0.5) is 5.69 Å². The first kappa shape index (κ1) is 21.6. The molecule has 0 fully saturated rings. The fourth-order valence-electron chi connectivity index (χ4n) is 3.12. The van der Waals surface area contributed by atoms with Crippen molar-refractivity contribution in [2.75, 3.05) is 5.32 Å². The van der Waals surface area contributed by atoms with Crippen molar-refractivity contribution in [2.24, 2.45) is 0 Å². The third-order valence-corrected chi connectivity index (χ3v) is 5.85. The molecule has 3 heterocycles. The van der Waals surface area contributed by atoms with E-state index in [9.17, 15) is 4.79 Å². The van der Waals surface area contributed by atoms with Crippen LogP contribution in [0.2, 0.25) is 0 Å². The van der Waals surface area contributed by atoms with Gasteiger partial charge in [0.2, 0.25) is 5.88 Å². The molecule has 0 aliphatic carbocycles. The van der Waals surface area contributed by atoms with Crippen LogP contribution >= 0.6 is 11.5 Å². The minimum Gasteiger partial charge on any atom is -0.438 e. The minimum atomic E-state index is -0.210. The second-order valence-corrected chi connectivity index (χ2v) is 8.07. The van der Waals surface area contributed by atoms with E-state index in [0.717, 1.165) is 47.0 Å². The fourth-order valence-corrected chi connectivity index (χ4v) is 3.72. The molecule has 0 aliphatic rings. The van der Waals surface area contributed by atoms with Crippen LogP contribution in [0.25, 0.3) is 5.82 Å². The Balaban J connectivity index is 1.41. The van der Waals surface area contributed by atoms with E-state index in [0.29, 0.717) is 28.0 Å². The Kier molecular flexibility index (Phi) is 6.22. The van der Waals surface area contributed by atoms with Gasteiger partial charge in [0.1, 0.15) is 10.6 Å². The molecular formula is C22H23N7O2S. The van der Waals surface area contributed by atoms with Gasteiger partial charge in [-0.05, 0) is 74.6 Å². The van der Waals surface area contributed by atoms with Crippen LogP contribution in [0.5, 0.6) is 11.6 Å². The molecule has 164 valence electrons. The van der Waals surface area contributed by atoms with Gasteiger partial charge in [0, 0.05) is 17.4 Å². The number of nitrogens with zero attached hydrogens (tertiary/aromatic N) is 6. The highest BCUT2D eigenvalue weighted by molar-refractivity contribution is 7.08. The lowest BCUT2D eigenvalue weighted by Gasteiger charge is -2.08. The van der Waals surface area contributed by atoms with Crippen molar-refractivity contribution in [1.82, 2.24) is 29.6 Å². The summed E-state index contributed by atoms with van der Waals surface area (Å²) in [6, 6.07) is 10.6. The normalized spacial score (nSPS) is 10.9. The van der Waals surface area contributed by atoms with Crippen LogP contribution in [0.15, 0.2) is 36.4 Å². The molecule has 0 spiro atoms. The summed E-state index contributed by atoms with van der Waals surface area (Å²) in [4.78, 5) is 13.0. The number of carbonyl (C=O) groups excluding carboxylic acids is 1. The van der Waals surface area contributed by atoms with E-state index in [4.69, 9.17) is 4.74 Å². The van der Waals surface area contributed by atoms with E-state index in [2.05, 4.69) is 30.2 Å². The van der Waals surface area contributed by atoms with E-state index >= 15 is 0 Å². The van der Waals surface area contributed by atoms with Crippen LogP contribution in [-0.2, 0) is 6.42 Å². The molecule has 1 aromatic carbocycles. The lowest BCUT2D eigenvalue weighted by molar-refractivity contribution is 0.102. The number of carbonyl (C=O) groups is 1. The number of ether oxygens (including phenoxy) is 1. The third-order valence-electron chi connectivity index (χ3n) is 5.08. The monoisotopic (exact) mass is 449 g/mol. The minimum absolute atomic E-state index is 0.210. The van der Waals surface area contributed by atoms with Crippen LogP contribution in [0.1, 0.15) is 45.7 Å². The summed E-state index contributed by atoms with van der Waals surface area (Å²) in [6.45, 7) is 8.04. The summed E-state index contributed by atoms with van der Waals surface area (Å²) < 4.78 is 11.4. The summed E-state index contributed by atoms with van der Waals surface area (Å²) in [5.41, 5.74) is 4.50. The molecule has 4 rings (SSSR count). The van der Waals surface area contributed by atoms with Gasteiger partial charge in [-0.25, -0.2) is 4.68 Å². The number of aryl methyl sites for hydroxylation is 2. The summed E-state index contributed by atoms with van der Waals surface area (Å²) in [5, 5.41) is 19.8. The topological polar surface area (TPSA) is 108 Å². The molecule has 9 nitrogen and oxygen atoms in total. The average Bonchev–Trinajstić information content (AvgIpc) is 3.36. The fraction of sp³-hybridized carbons (Fsp3) is 0.273. The molecule has 3 aromatic heterocycles. The van der Waals surface area contributed by atoms with Gasteiger partial charge >= 0.3 is 0 Å². The molecule has 32 heavy (non-hydrogen) atoms. The molecule has 10 heteroatoms. The first-order valence-electron chi connectivity index (χ1n) is 10.2. The van der Waals surface area contributed by atoms with Gasteiger partial charge in [0.15, 0.2) is 5.82 Å². The molecule has 0 radical (unpaired) electrons. The van der Waals surface area contributed by atoms with E-state index in [1.165, 1.54) is 0 Å². The highest BCUT2D eigenvalue weighted by Gasteiger charge is 2.16. The Morgan fingerprint density at radius 2 is 1.84 bits per heavy atom. The smallest absolute Gasteiger partial charge is 0.269 e. The standard InChI is InChI=1S/C22H23N7O2S/c1-5-6-18-21(32-28-24-18)22(30)23-16-7-9-17(10-8-16)31-20-12-11-19(25-26-20)29-15(4)13(2)14(3)27-29/h7-12H,5-6H2,1-4H3,(H,23,30). The number of hydrogen-bond donors (Lipinski definition) is 1. The summed E-state index contributed by atoms with van der Waals surface area (Å²) in [7, 11) is 0. The average molecular weight is 450 g/mol. The summed E-state index contributed by atoms with van der Waals surface area (Å²) in [5.74, 6) is 1.36. The molecule has 1 N–H and O–H groups in total. The van der Waals surface area contributed by atoms with E-state index < -0.39 is 0 Å². The van der Waals surface area contributed by atoms with Crippen LogP contribution in [0.3, 0.4) is 0 Å². The number of nitrogens with one attached hydrogen (secondary N) is 1. The zero-order valence-corrected chi connectivity index (χ0v) is 19.1. The molecule has 0 saturated heterocycles. The highest BCUT2D eigenvalue weighted by Crippen LogP contribution is 2.23. The largest absolute Gasteiger partial charge is 0.438 e. The van der Waals surface area contributed by atoms with Gasteiger partial charge in [-0.15, -0.1) is 15.3 Å². The Hall–Kier alpha value is -3.66. The molecule has 0 atom stereocenters. The van der Waals surface area contributed by atoms with E-state index in [1.54, 1.807) is 35.0 Å².